The zero-order valence-corrected chi connectivity index (χ0v) is 13.5. The van der Waals surface area contributed by atoms with Crippen LogP contribution in [0, 0.1) is 0 Å². The number of pyridine rings is 1. The SMILES string of the molecule is O=C(Nc1cccc(Cl)c1)N1CC(Oc2cc(C(F)(F)F)ccn2)C1. The summed E-state index contributed by atoms with van der Waals surface area (Å²) in [5.41, 5.74) is -0.270. The van der Waals surface area contributed by atoms with Crippen molar-refractivity contribution in [3.05, 3.63) is 53.2 Å². The van der Waals surface area contributed by atoms with Gasteiger partial charge in [0.1, 0.15) is 6.10 Å². The molecular formula is C16H13ClF3N3O2. The smallest absolute Gasteiger partial charge is 0.416 e. The van der Waals surface area contributed by atoms with Crippen molar-refractivity contribution in [3.63, 3.8) is 0 Å². The van der Waals surface area contributed by atoms with Gasteiger partial charge in [-0.15, -0.1) is 0 Å². The molecule has 0 atom stereocenters. The Balaban J connectivity index is 1.52. The number of halogens is 4. The van der Waals surface area contributed by atoms with Crippen LogP contribution >= 0.6 is 11.6 Å². The highest BCUT2D eigenvalue weighted by Crippen LogP contribution is 2.31. The molecule has 0 unspecified atom stereocenters. The van der Waals surface area contributed by atoms with Crippen LogP contribution in [0.1, 0.15) is 5.56 Å². The predicted molar refractivity (Wildman–Crippen MR) is 85.7 cm³/mol. The van der Waals surface area contributed by atoms with Crippen molar-refractivity contribution in [3.8, 4) is 5.88 Å². The van der Waals surface area contributed by atoms with E-state index in [9.17, 15) is 18.0 Å². The third-order valence-electron chi connectivity index (χ3n) is 3.56. The van der Waals surface area contributed by atoms with E-state index in [0.29, 0.717) is 10.7 Å². The number of ether oxygens (including phenoxy) is 1. The van der Waals surface area contributed by atoms with Crippen molar-refractivity contribution in [2.75, 3.05) is 18.4 Å². The zero-order chi connectivity index (χ0) is 18.0. The highest BCUT2D eigenvalue weighted by molar-refractivity contribution is 6.30. The fraction of sp³-hybridized carbons (Fsp3) is 0.250. The first-order valence-electron chi connectivity index (χ1n) is 7.32. The number of benzene rings is 1. The molecule has 2 heterocycles. The average Bonchev–Trinajstić information content (AvgIpc) is 2.50. The van der Waals surface area contributed by atoms with Gasteiger partial charge in [-0.2, -0.15) is 13.2 Å². The first-order valence-corrected chi connectivity index (χ1v) is 7.70. The van der Waals surface area contributed by atoms with Crippen LogP contribution in [0.4, 0.5) is 23.7 Å². The second-order valence-corrected chi connectivity index (χ2v) is 5.90. The Labute approximate surface area is 146 Å². The number of urea groups is 1. The van der Waals surface area contributed by atoms with E-state index in [2.05, 4.69) is 10.3 Å². The van der Waals surface area contributed by atoms with Gasteiger partial charge >= 0.3 is 12.2 Å². The summed E-state index contributed by atoms with van der Waals surface area (Å²) in [5.74, 6) is -0.116. The molecule has 5 nitrogen and oxygen atoms in total. The third kappa shape index (κ3) is 4.33. The Morgan fingerprint density at radius 2 is 2.04 bits per heavy atom. The van der Waals surface area contributed by atoms with E-state index >= 15 is 0 Å². The number of alkyl halides is 3. The van der Waals surface area contributed by atoms with Crippen LogP contribution in [0.5, 0.6) is 5.88 Å². The Morgan fingerprint density at radius 1 is 1.28 bits per heavy atom. The summed E-state index contributed by atoms with van der Waals surface area (Å²) in [6.45, 7) is 0.509. The van der Waals surface area contributed by atoms with Crippen LogP contribution < -0.4 is 10.1 Å². The van der Waals surface area contributed by atoms with Crippen LogP contribution in [0.3, 0.4) is 0 Å². The van der Waals surface area contributed by atoms with Crippen molar-refractivity contribution in [1.29, 1.82) is 0 Å². The summed E-state index contributed by atoms with van der Waals surface area (Å²) in [5, 5.41) is 3.18. The molecule has 0 spiro atoms. The highest BCUT2D eigenvalue weighted by Gasteiger charge is 2.34. The molecule has 1 N–H and O–H groups in total. The standard InChI is InChI=1S/C16H13ClF3N3O2/c17-11-2-1-3-12(7-11)22-15(24)23-8-13(9-23)25-14-6-10(4-5-21-14)16(18,19)20/h1-7,13H,8-9H2,(H,22,24). The molecule has 1 aliphatic rings. The summed E-state index contributed by atoms with van der Waals surface area (Å²) in [7, 11) is 0. The number of anilines is 1. The van der Waals surface area contributed by atoms with Gasteiger partial charge in [0.2, 0.25) is 5.88 Å². The zero-order valence-electron chi connectivity index (χ0n) is 12.8. The molecule has 25 heavy (non-hydrogen) atoms. The molecular weight excluding hydrogens is 359 g/mol. The topological polar surface area (TPSA) is 54.5 Å². The largest absolute Gasteiger partial charge is 0.471 e. The van der Waals surface area contributed by atoms with Gasteiger partial charge < -0.3 is 15.0 Å². The maximum Gasteiger partial charge on any atom is 0.416 e. The third-order valence-corrected chi connectivity index (χ3v) is 3.80. The second kappa shape index (κ2) is 6.79. The number of nitrogens with zero attached hydrogens (tertiary/aromatic N) is 2. The van der Waals surface area contributed by atoms with Crippen molar-refractivity contribution < 1.29 is 22.7 Å². The Bertz CT molecular complexity index is 779. The van der Waals surface area contributed by atoms with Crippen LogP contribution in [0.15, 0.2) is 42.6 Å². The molecule has 2 aromatic rings. The van der Waals surface area contributed by atoms with Crippen molar-refractivity contribution in [1.82, 2.24) is 9.88 Å². The number of hydrogen-bond acceptors (Lipinski definition) is 3. The molecule has 3 rings (SSSR count). The molecule has 0 saturated carbocycles. The van der Waals surface area contributed by atoms with Crippen molar-refractivity contribution >= 4 is 23.3 Å². The van der Waals surface area contributed by atoms with E-state index in [1.54, 1.807) is 24.3 Å². The lowest BCUT2D eigenvalue weighted by molar-refractivity contribution is -0.137. The normalized spacial score (nSPS) is 14.8. The summed E-state index contributed by atoms with van der Waals surface area (Å²) in [6.07, 6.45) is -3.81. The maximum atomic E-state index is 12.7. The molecule has 1 saturated heterocycles. The molecule has 1 aliphatic heterocycles. The fourth-order valence-electron chi connectivity index (χ4n) is 2.27. The first kappa shape index (κ1) is 17.3. The van der Waals surface area contributed by atoms with Gasteiger partial charge in [-0.05, 0) is 24.3 Å². The molecule has 9 heteroatoms. The minimum absolute atomic E-state index is 0.116. The molecule has 2 amide bonds. The number of likely N-dealkylation sites (tertiary alicyclic amines) is 1. The van der Waals surface area contributed by atoms with Crippen LogP contribution in [0.2, 0.25) is 5.02 Å². The lowest BCUT2D eigenvalue weighted by Gasteiger charge is -2.38. The summed E-state index contributed by atoms with van der Waals surface area (Å²) in [6, 6.07) is 8.09. The van der Waals surface area contributed by atoms with E-state index in [1.165, 1.54) is 4.90 Å². The van der Waals surface area contributed by atoms with Gasteiger partial charge in [0, 0.05) is 23.0 Å². The molecule has 132 valence electrons. The van der Waals surface area contributed by atoms with Crippen LogP contribution in [-0.4, -0.2) is 35.1 Å². The highest BCUT2D eigenvalue weighted by atomic mass is 35.5. The van der Waals surface area contributed by atoms with Crippen LogP contribution in [-0.2, 0) is 6.18 Å². The number of nitrogens with one attached hydrogen (secondary N) is 1. The van der Waals surface area contributed by atoms with Gasteiger partial charge in [0.05, 0.1) is 18.7 Å². The predicted octanol–water partition coefficient (Wildman–Crippen LogP) is 4.05. The average molecular weight is 372 g/mol. The monoisotopic (exact) mass is 371 g/mol. The Kier molecular flexibility index (Phi) is 4.71. The van der Waals surface area contributed by atoms with E-state index in [0.717, 1.165) is 18.3 Å². The number of carbonyl (C=O) groups excluding carboxylic acids is 1. The van der Waals surface area contributed by atoms with Gasteiger partial charge in [-0.25, -0.2) is 9.78 Å². The summed E-state index contributed by atoms with van der Waals surface area (Å²) in [4.78, 5) is 17.3. The lowest BCUT2D eigenvalue weighted by atomic mass is 10.2. The number of carbonyl (C=O) groups is 1. The van der Waals surface area contributed by atoms with Gasteiger partial charge in [-0.3, -0.25) is 0 Å². The maximum absolute atomic E-state index is 12.7. The van der Waals surface area contributed by atoms with E-state index in [-0.39, 0.29) is 25.0 Å². The van der Waals surface area contributed by atoms with Gasteiger partial charge in [-0.1, -0.05) is 17.7 Å². The number of aromatic nitrogens is 1. The number of hydrogen-bond donors (Lipinski definition) is 1. The van der Waals surface area contributed by atoms with Gasteiger partial charge in [0.15, 0.2) is 0 Å². The fourth-order valence-corrected chi connectivity index (χ4v) is 2.46. The van der Waals surface area contributed by atoms with Crippen molar-refractivity contribution in [2.45, 2.75) is 12.3 Å². The van der Waals surface area contributed by atoms with Gasteiger partial charge in [0.25, 0.3) is 0 Å². The number of amides is 2. The van der Waals surface area contributed by atoms with E-state index < -0.39 is 17.8 Å². The van der Waals surface area contributed by atoms with Crippen molar-refractivity contribution in [2.24, 2.45) is 0 Å². The molecule has 1 fully saturated rings. The van der Waals surface area contributed by atoms with Crippen LogP contribution in [0.25, 0.3) is 0 Å². The molecule has 0 aliphatic carbocycles. The molecule has 0 radical (unpaired) electrons. The molecule has 0 bridgehead atoms. The Hall–Kier alpha value is -2.48. The van der Waals surface area contributed by atoms with E-state index in [4.69, 9.17) is 16.3 Å². The number of rotatable bonds is 3. The lowest BCUT2D eigenvalue weighted by Crippen LogP contribution is -2.57. The minimum Gasteiger partial charge on any atom is -0.471 e. The first-order chi connectivity index (χ1) is 11.8. The molecule has 1 aromatic carbocycles. The second-order valence-electron chi connectivity index (χ2n) is 5.47. The quantitative estimate of drug-likeness (QED) is 0.885. The summed E-state index contributed by atoms with van der Waals surface area (Å²) < 4.78 is 43.3. The van der Waals surface area contributed by atoms with E-state index in [1.807, 2.05) is 0 Å². The Morgan fingerprint density at radius 3 is 2.72 bits per heavy atom. The minimum atomic E-state index is -4.45. The summed E-state index contributed by atoms with van der Waals surface area (Å²) >= 11 is 5.84. The molecule has 1 aromatic heterocycles.